The van der Waals surface area contributed by atoms with Crippen LogP contribution in [0.5, 0.6) is 5.75 Å². The number of phenolic OH excluding ortho intramolecular Hbond substituents is 1. The molecule has 21 heavy (non-hydrogen) atoms. The van der Waals surface area contributed by atoms with Crippen LogP contribution in [0.25, 0.3) is 0 Å². The van der Waals surface area contributed by atoms with Crippen LogP contribution >= 0.6 is 11.6 Å². The molecule has 0 radical (unpaired) electrons. The number of ether oxygens (including phenoxy) is 1. The Balaban J connectivity index is 2.49. The van der Waals surface area contributed by atoms with Gasteiger partial charge in [0.1, 0.15) is 11.3 Å². The van der Waals surface area contributed by atoms with Gasteiger partial charge in [-0.2, -0.15) is 0 Å². The first-order valence-corrected chi connectivity index (χ1v) is 6.43. The van der Waals surface area contributed by atoms with Crippen LogP contribution in [0, 0.1) is 0 Å². The summed E-state index contributed by atoms with van der Waals surface area (Å²) in [6.07, 6.45) is 0. The van der Waals surface area contributed by atoms with Gasteiger partial charge >= 0.3 is 12.0 Å². The van der Waals surface area contributed by atoms with Crippen molar-refractivity contribution in [3.63, 3.8) is 0 Å². The van der Waals surface area contributed by atoms with E-state index in [0.29, 0.717) is 0 Å². The van der Waals surface area contributed by atoms with Gasteiger partial charge in [-0.1, -0.05) is 11.6 Å². The van der Waals surface area contributed by atoms with Crippen LogP contribution in [-0.4, -0.2) is 35.7 Å². The molecule has 0 heterocycles. The molecule has 0 unspecified atom stereocenters. The fourth-order valence-electron chi connectivity index (χ4n) is 1.35. The summed E-state index contributed by atoms with van der Waals surface area (Å²) in [5, 5.41) is 14.2. The lowest BCUT2D eigenvalue weighted by molar-refractivity contribution is -0.123. The van der Waals surface area contributed by atoms with Gasteiger partial charge < -0.3 is 15.2 Å². The molecule has 0 aromatic heterocycles. The van der Waals surface area contributed by atoms with Crippen molar-refractivity contribution in [2.24, 2.45) is 0 Å². The number of carbonyl (C=O) groups excluding carboxylic acids is 3. The second-order valence-electron chi connectivity index (χ2n) is 4.41. The summed E-state index contributed by atoms with van der Waals surface area (Å²) in [5.74, 6) is -2.04. The number of imide groups is 1. The van der Waals surface area contributed by atoms with Gasteiger partial charge in [0.05, 0.1) is 0 Å². The first-order chi connectivity index (χ1) is 9.79. The molecule has 0 aliphatic heterocycles. The average molecular weight is 315 g/mol. The smallest absolute Gasteiger partial charge is 0.342 e. The highest BCUT2D eigenvalue weighted by atomic mass is 35.5. The molecule has 0 aliphatic rings. The summed E-state index contributed by atoms with van der Waals surface area (Å²) in [6.45, 7) is 2.81. The molecule has 0 atom stereocenters. The fraction of sp³-hybridized carbons (Fsp3) is 0.308. The van der Waals surface area contributed by atoms with E-state index in [0.717, 1.165) is 0 Å². The number of rotatable bonds is 4. The third-order valence-electron chi connectivity index (χ3n) is 2.19. The van der Waals surface area contributed by atoms with E-state index in [1.54, 1.807) is 13.8 Å². The van der Waals surface area contributed by atoms with Gasteiger partial charge in [-0.15, -0.1) is 0 Å². The lowest BCUT2D eigenvalue weighted by atomic mass is 10.2. The van der Waals surface area contributed by atoms with E-state index in [-0.39, 0.29) is 22.4 Å². The molecular formula is C13H15ClN2O5. The highest BCUT2D eigenvalue weighted by Crippen LogP contribution is 2.22. The van der Waals surface area contributed by atoms with Crippen LogP contribution < -0.4 is 10.6 Å². The molecule has 0 saturated heterocycles. The number of amides is 3. The summed E-state index contributed by atoms with van der Waals surface area (Å²) < 4.78 is 4.68. The Bertz CT molecular complexity index is 559. The van der Waals surface area contributed by atoms with Crippen LogP contribution in [0.15, 0.2) is 18.2 Å². The molecule has 0 saturated carbocycles. The number of aromatic hydroxyl groups is 1. The molecule has 114 valence electrons. The highest BCUT2D eigenvalue weighted by Gasteiger charge is 2.16. The number of urea groups is 1. The van der Waals surface area contributed by atoms with Crippen molar-refractivity contribution in [2.75, 3.05) is 6.61 Å². The Morgan fingerprint density at radius 3 is 2.57 bits per heavy atom. The van der Waals surface area contributed by atoms with Gasteiger partial charge in [0.15, 0.2) is 6.61 Å². The Kier molecular flexibility index (Phi) is 5.98. The zero-order valence-electron chi connectivity index (χ0n) is 11.5. The SMILES string of the molecule is CC(C)NC(=O)NC(=O)COC(=O)c1ccc(Cl)cc1O. The molecule has 8 heteroatoms. The molecule has 3 amide bonds. The summed E-state index contributed by atoms with van der Waals surface area (Å²) in [5.41, 5.74) is -0.126. The molecule has 0 spiro atoms. The molecule has 0 bridgehead atoms. The number of benzene rings is 1. The first kappa shape index (κ1) is 16.8. The Morgan fingerprint density at radius 1 is 1.33 bits per heavy atom. The van der Waals surface area contributed by atoms with Crippen molar-refractivity contribution < 1.29 is 24.2 Å². The zero-order valence-corrected chi connectivity index (χ0v) is 12.2. The van der Waals surface area contributed by atoms with Crippen molar-refractivity contribution >= 4 is 29.5 Å². The first-order valence-electron chi connectivity index (χ1n) is 6.05. The van der Waals surface area contributed by atoms with E-state index in [4.69, 9.17) is 11.6 Å². The quantitative estimate of drug-likeness (QED) is 0.729. The summed E-state index contributed by atoms with van der Waals surface area (Å²) in [6, 6.07) is 3.03. The second kappa shape index (κ2) is 7.49. The molecule has 7 nitrogen and oxygen atoms in total. The predicted molar refractivity (Wildman–Crippen MR) is 75.2 cm³/mol. The van der Waals surface area contributed by atoms with E-state index < -0.39 is 24.5 Å². The van der Waals surface area contributed by atoms with Gasteiger partial charge in [0.25, 0.3) is 5.91 Å². The van der Waals surface area contributed by atoms with Gasteiger partial charge in [0, 0.05) is 11.1 Å². The van der Waals surface area contributed by atoms with Crippen LogP contribution in [0.1, 0.15) is 24.2 Å². The molecular weight excluding hydrogens is 300 g/mol. The number of phenols is 1. The maximum atomic E-state index is 11.6. The van der Waals surface area contributed by atoms with Gasteiger partial charge in [-0.25, -0.2) is 9.59 Å². The van der Waals surface area contributed by atoms with Crippen LogP contribution in [0.4, 0.5) is 4.79 Å². The zero-order chi connectivity index (χ0) is 16.0. The predicted octanol–water partition coefficient (Wildman–Crippen LogP) is 1.44. The maximum Gasteiger partial charge on any atom is 0.342 e. The van der Waals surface area contributed by atoms with Crippen LogP contribution in [0.3, 0.4) is 0 Å². The molecule has 3 N–H and O–H groups in total. The number of halogens is 1. The van der Waals surface area contributed by atoms with E-state index in [1.807, 2.05) is 5.32 Å². The summed E-state index contributed by atoms with van der Waals surface area (Å²) in [4.78, 5) is 34.2. The molecule has 0 aliphatic carbocycles. The third-order valence-corrected chi connectivity index (χ3v) is 2.42. The van der Waals surface area contributed by atoms with Crippen molar-refractivity contribution in [3.05, 3.63) is 28.8 Å². The van der Waals surface area contributed by atoms with Gasteiger partial charge in [0.2, 0.25) is 0 Å². The maximum absolute atomic E-state index is 11.6. The van der Waals surface area contributed by atoms with Crippen LogP contribution in [-0.2, 0) is 9.53 Å². The standard InChI is InChI=1S/C13H15ClN2O5/c1-7(2)15-13(20)16-11(18)6-21-12(19)9-4-3-8(14)5-10(9)17/h3-5,7,17H,6H2,1-2H3,(H2,15,16,18,20). The second-order valence-corrected chi connectivity index (χ2v) is 4.85. The van der Waals surface area contributed by atoms with E-state index in [9.17, 15) is 19.5 Å². The number of carbonyl (C=O) groups is 3. The Morgan fingerprint density at radius 2 is 2.00 bits per heavy atom. The monoisotopic (exact) mass is 314 g/mol. The van der Waals surface area contributed by atoms with E-state index in [1.165, 1.54) is 18.2 Å². The Labute approximate surface area is 126 Å². The van der Waals surface area contributed by atoms with E-state index in [2.05, 4.69) is 10.1 Å². The molecule has 0 fully saturated rings. The number of hydrogen-bond donors (Lipinski definition) is 3. The highest BCUT2D eigenvalue weighted by molar-refractivity contribution is 6.30. The topological polar surface area (TPSA) is 105 Å². The molecule has 1 rings (SSSR count). The average Bonchev–Trinajstić information content (AvgIpc) is 2.34. The summed E-state index contributed by atoms with van der Waals surface area (Å²) in [7, 11) is 0. The number of nitrogens with one attached hydrogen (secondary N) is 2. The van der Waals surface area contributed by atoms with Gasteiger partial charge in [-0.3, -0.25) is 10.1 Å². The number of hydrogen-bond acceptors (Lipinski definition) is 5. The summed E-state index contributed by atoms with van der Waals surface area (Å²) >= 11 is 5.63. The van der Waals surface area contributed by atoms with E-state index >= 15 is 0 Å². The van der Waals surface area contributed by atoms with Crippen molar-refractivity contribution in [3.8, 4) is 5.75 Å². The third kappa shape index (κ3) is 5.70. The molecule has 1 aromatic rings. The minimum absolute atomic E-state index is 0.126. The van der Waals surface area contributed by atoms with Gasteiger partial charge in [-0.05, 0) is 32.0 Å². The number of esters is 1. The largest absolute Gasteiger partial charge is 0.507 e. The minimum atomic E-state index is -0.899. The van der Waals surface area contributed by atoms with Crippen LogP contribution in [0.2, 0.25) is 5.02 Å². The minimum Gasteiger partial charge on any atom is -0.507 e. The fourth-order valence-corrected chi connectivity index (χ4v) is 1.51. The lowest BCUT2D eigenvalue weighted by Gasteiger charge is -2.09. The Hall–Kier alpha value is -2.28. The lowest BCUT2D eigenvalue weighted by Crippen LogP contribution is -2.44. The van der Waals surface area contributed by atoms with Crippen molar-refractivity contribution in [2.45, 2.75) is 19.9 Å². The molecule has 1 aromatic carbocycles. The normalized spacial score (nSPS) is 10.1. The van der Waals surface area contributed by atoms with Crippen molar-refractivity contribution in [1.29, 1.82) is 0 Å². The van der Waals surface area contributed by atoms with Crippen molar-refractivity contribution in [1.82, 2.24) is 10.6 Å².